The molecule has 0 aliphatic carbocycles. The number of rotatable bonds is 5. The Bertz CT molecular complexity index is 946. The van der Waals surface area contributed by atoms with E-state index in [0.717, 1.165) is 12.3 Å². The van der Waals surface area contributed by atoms with Crippen LogP contribution >= 0.6 is 0 Å². The van der Waals surface area contributed by atoms with E-state index in [9.17, 15) is 23.1 Å². The Morgan fingerprint density at radius 1 is 1.26 bits per heavy atom. The zero-order valence-corrected chi connectivity index (χ0v) is 18.6. The molecule has 0 unspecified atom stereocenters. The summed E-state index contributed by atoms with van der Waals surface area (Å²) >= 11 is 0. The number of aromatic hydroxyl groups is 1. The van der Waals surface area contributed by atoms with Gasteiger partial charge < -0.3 is 15.7 Å². The fraction of sp³-hybridized carbons (Fsp3) is 0.235. The molecule has 8 nitrogen and oxygen atoms in total. The van der Waals surface area contributed by atoms with Gasteiger partial charge in [-0.15, -0.1) is 12.1 Å². The van der Waals surface area contributed by atoms with Crippen molar-refractivity contribution < 1.29 is 55.8 Å². The van der Waals surface area contributed by atoms with Gasteiger partial charge in [-0.3, -0.25) is 14.6 Å². The predicted molar refractivity (Wildman–Crippen MR) is 96.7 cm³/mol. The van der Waals surface area contributed by atoms with Gasteiger partial charge in [-0.25, -0.2) is 8.42 Å². The summed E-state index contributed by atoms with van der Waals surface area (Å²) in [7, 11) is -3.64. The molecule has 0 bridgehead atoms. The van der Waals surface area contributed by atoms with E-state index in [4.69, 9.17) is 0 Å². The van der Waals surface area contributed by atoms with Crippen LogP contribution in [-0.2, 0) is 47.3 Å². The van der Waals surface area contributed by atoms with Crippen LogP contribution in [0.25, 0.3) is 0 Å². The Kier molecular flexibility index (Phi) is 7.65. The van der Waals surface area contributed by atoms with E-state index in [1.165, 1.54) is 32.3 Å². The first-order valence-electron chi connectivity index (χ1n) is 7.49. The summed E-state index contributed by atoms with van der Waals surface area (Å²) in [6.07, 6.45) is 3.86. The van der Waals surface area contributed by atoms with Crippen molar-refractivity contribution in [3.8, 4) is 5.75 Å². The minimum absolute atomic E-state index is 0. The predicted octanol–water partition coefficient (Wildman–Crippen LogP) is 1.60. The minimum Gasteiger partial charge on any atom is -0.531 e. The van der Waals surface area contributed by atoms with Crippen molar-refractivity contribution in [3.05, 3.63) is 48.3 Å². The molecule has 3 N–H and O–H groups in total. The minimum atomic E-state index is -3.64. The van der Waals surface area contributed by atoms with Gasteiger partial charge in [0.05, 0.1) is 5.56 Å². The summed E-state index contributed by atoms with van der Waals surface area (Å²) < 4.78 is 21.7. The topological polar surface area (TPSA) is 125 Å². The van der Waals surface area contributed by atoms with Crippen LogP contribution in [0.1, 0.15) is 24.2 Å². The summed E-state index contributed by atoms with van der Waals surface area (Å²) in [6, 6.07) is 8.27. The molecular formula is C17H18N3O5SY-. The number of phenols is 1. The molecule has 27 heavy (non-hydrogen) atoms. The van der Waals surface area contributed by atoms with Gasteiger partial charge >= 0.3 is 0 Å². The van der Waals surface area contributed by atoms with E-state index in [0.29, 0.717) is 5.56 Å². The van der Waals surface area contributed by atoms with E-state index in [1.54, 1.807) is 12.1 Å². The van der Waals surface area contributed by atoms with Crippen molar-refractivity contribution >= 4 is 33.0 Å². The number of hydrogen-bond donors (Lipinski definition) is 3. The van der Waals surface area contributed by atoms with E-state index in [-0.39, 0.29) is 49.8 Å². The van der Waals surface area contributed by atoms with Crippen LogP contribution in [-0.4, -0.2) is 41.3 Å². The maximum absolute atomic E-state index is 12.2. The molecule has 0 saturated heterocycles. The van der Waals surface area contributed by atoms with Crippen molar-refractivity contribution in [2.75, 3.05) is 16.9 Å². The smallest absolute Gasteiger partial charge is 0.246 e. The number of sulfone groups is 1. The van der Waals surface area contributed by atoms with E-state index in [1.807, 2.05) is 0 Å². The van der Waals surface area contributed by atoms with Crippen molar-refractivity contribution in [1.29, 1.82) is 0 Å². The third-order valence-electron chi connectivity index (χ3n) is 3.82. The van der Waals surface area contributed by atoms with Crippen LogP contribution in [0.15, 0.2) is 36.7 Å². The first-order chi connectivity index (χ1) is 12.0. The molecule has 0 aliphatic rings. The van der Waals surface area contributed by atoms with Gasteiger partial charge in [-0.05, 0) is 31.7 Å². The molecular weight excluding hydrogens is 447 g/mol. The molecule has 1 radical (unpaired) electrons. The summed E-state index contributed by atoms with van der Waals surface area (Å²) in [5.74, 6) is -1.55. The van der Waals surface area contributed by atoms with Gasteiger partial charge in [-0.2, -0.15) is 6.07 Å². The van der Waals surface area contributed by atoms with Gasteiger partial charge in [0.15, 0.2) is 9.84 Å². The number of aromatic nitrogens is 1. The average Bonchev–Trinajstić information content (AvgIpc) is 2.57. The third-order valence-corrected chi connectivity index (χ3v) is 5.86. The maximum Gasteiger partial charge on any atom is 0.246 e. The van der Waals surface area contributed by atoms with Crippen molar-refractivity contribution in [3.63, 3.8) is 0 Å². The Morgan fingerprint density at radius 3 is 2.44 bits per heavy atom. The largest absolute Gasteiger partial charge is 0.531 e. The number of carbonyl (C=O) groups excluding carboxylic acids is 2. The van der Waals surface area contributed by atoms with E-state index < -0.39 is 26.4 Å². The number of amides is 2. The van der Waals surface area contributed by atoms with Gasteiger partial charge in [0, 0.05) is 57.1 Å². The molecule has 141 valence electrons. The van der Waals surface area contributed by atoms with Crippen LogP contribution in [0.3, 0.4) is 0 Å². The average molecular weight is 465 g/mol. The summed E-state index contributed by atoms with van der Waals surface area (Å²) in [5.41, 5.74) is 0.460. The SMILES string of the molecule is CC(C)(C(=O)Nc1[c-]cc(NC(=O)c2cccnc2)c(O)c1)S(C)(=O)=O.[Y]. The molecule has 1 aromatic heterocycles. The van der Waals surface area contributed by atoms with E-state index in [2.05, 4.69) is 21.7 Å². The molecule has 0 spiro atoms. The first kappa shape index (κ1) is 23.2. The number of carbonyl (C=O) groups is 2. The van der Waals surface area contributed by atoms with Crippen molar-refractivity contribution in [2.45, 2.75) is 18.6 Å². The van der Waals surface area contributed by atoms with Crippen LogP contribution < -0.4 is 10.6 Å². The third kappa shape index (κ3) is 5.57. The number of phenolic OH excluding ortho intramolecular Hbond substituents is 1. The number of hydrogen-bond acceptors (Lipinski definition) is 6. The van der Waals surface area contributed by atoms with Crippen molar-refractivity contribution in [1.82, 2.24) is 4.98 Å². The summed E-state index contributed by atoms with van der Waals surface area (Å²) in [6.45, 7) is 2.56. The van der Waals surface area contributed by atoms with Crippen molar-refractivity contribution in [2.24, 2.45) is 0 Å². The van der Waals surface area contributed by atoms with Gasteiger partial charge in [0.1, 0.15) is 4.75 Å². The monoisotopic (exact) mass is 465 g/mol. The molecule has 0 saturated carbocycles. The Balaban J connectivity index is 0.00000364. The Morgan fingerprint density at radius 2 is 1.93 bits per heavy atom. The molecule has 0 atom stereocenters. The standard InChI is InChI=1S/C17H18N3O5S.Y/c1-17(2,26(3,24)25)16(23)19-12-6-7-13(14(21)9-12)20-15(22)11-5-4-8-18-10-11;/h4-5,7-10,21H,1-3H3,(H,19,23)(H,20,22);/q-1;. The fourth-order valence-corrected chi connectivity index (χ4v) is 2.17. The fourth-order valence-electron chi connectivity index (χ4n) is 1.79. The van der Waals surface area contributed by atoms with Crippen LogP contribution in [0.4, 0.5) is 11.4 Å². The molecule has 10 heteroatoms. The molecule has 2 rings (SSSR count). The zero-order valence-electron chi connectivity index (χ0n) is 15.0. The second-order valence-electron chi connectivity index (χ2n) is 6.08. The first-order valence-corrected chi connectivity index (χ1v) is 9.38. The second kappa shape index (κ2) is 8.90. The second-order valence-corrected chi connectivity index (χ2v) is 8.64. The molecule has 1 heterocycles. The Hall–Kier alpha value is -1.84. The number of pyridine rings is 1. The quantitative estimate of drug-likeness (QED) is 0.455. The molecule has 0 aliphatic heterocycles. The van der Waals surface area contributed by atoms with Gasteiger partial charge in [-0.1, -0.05) is 5.69 Å². The number of nitrogens with one attached hydrogen (secondary N) is 2. The zero-order chi connectivity index (χ0) is 19.5. The summed E-state index contributed by atoms with van der Waals surface area (Å²) in [5, 5.41) is 14.9. The van der Waals surface area contributed by atoms with Crippen LogP contribution in [0.2, 0.25) is 0 Å². The summed E-state index contributed by atoms with van der Waals surface area (Å²) in [4.78, 5) is 28.1. The number of nitrogens with zero attached hydrogens (tertiary/aromatic N) is 1. The molecule has 2 aromatic rings. The van der Waals surface area contributed by atoms with Gasteiger partial charge in [0.2, 0.25) is 11.8 Å². The number of benzene rings is 1. The normalized spacial score (nSPS) is 11.2. The molecule has 0 fully saturated rings. The Labute approximate surface area is 182 Å². The van der Waals surface area contributed by atoms with Crippen LogP contribution in [0, 0.1) is 6.07 Å². The maximum atomic E-state index is 12.2. The van der Waals surface area contributed by atoms with E-state index >= 15 is 0 Å². The number of anilines is 2. The van der Waals surface area contributed by atoms with Gasteiger partial charge in [0.25, 0.3) is 0 Å². The van der Waals surface area contributed by atoms with Crippen LogP contribution in [0.5, 0.6) is 5.75 Å². The molecule has 1 aromatic carbocycles. The molecule has 2 amide bonds.